The molecule has 2 heterocycles. The lowest BCUT2D eigenvalue weighted by Crippen LogP contribution is -2.43. The van der Waals surface area contributed by atoms with E-state index in [-0.39, 0.29) is 30.6 Å². The van der Waals surface area contributed by atoms with Crippen LogP contribution in [0, 0.1) is 0 Å². The molecular formula is C42H55FN5O7P. The number of unbranched alkanes of at least 4 members (excludes halogenated alkanes) is 1. The Morgan fingerprint density at radius 3 is 2.30 bits per heavy atom. The van der Waals surface area contributed by atoms with Crippen LogP contribution in [0.4, 0.5) is 10.2 Å². The van der Waals surface area contributed by atoms with Gasteiger partial charge in [0.05, 0.1) is 6.61 Å². The molecule has 14 heteroatoms. The van der Waals surface area contributed by atoms with Crippen LogP contribution in [0.25, 0.3) is 10.8 Å². The standard InChI is InChI=1S/C42H55FN5O7P/c1-3-4-5-6-7-8-9-10-11-12-13-14-15-16-17-18-19-27-38(49)45-29-30-46-56(52,55-35-26-22-24-33-23-20-21-25-34(33)35)53-32-36-39(50)42(2,43)40(54-36)48-31-28-37(44)47-41(48)51/h4-5,7-8,10-11,13-14,16-17,20-26,28,31,36,39-40,50H,3,6,9,12,15,18-19,27,29-30,32H2,1-2H3,(H,45,49)(H,46,52)(H2,44,47,51)/b5-4-,8-7-,11-10-,14-13-,17-16-/t36-,39-,40-,42-,56?/m1/s1. The Bertz CT molecular complexity index is 1960. The Labute approximate surface area is 328 Å². The predicted octanol–water partition coefficient (Wildman–Crippen LogP) is 7.80. The number of aliphatic hydroxyl groups is 1. The van der Waals surface area contributed by atoms with Crippen molar-refractivity contribution in [2.45, 2.75) is 89.3 Å². The number of allylic oxidation sites excluding steroid dienone is 10. The molecule has 0 spiro atoms. The summed E-state index contributed by atoms with van der Waals surface area (Å²) in [6.07, 6.45) is 24.5. The summed E-state index contributed by atoms with van der Waals surface area (Å²) in [6, 6.07) is 13.9. The topological polar surface area (TPSA) is 167 Å². The third-order valence-corrected chi connectivity index (χ3v) is 10.4. The lowest BCUT2D eigenvalue weighted by atomic mass is 9.98. The summed E-state index contributed by atoms with van der Waals surface area (Å²) >= 11 is 0. The molecule has 4 rings (SSSR count). The molecule has 302 valence electrons. The number of carbonyl (C=O) groups is 1. The summed E-state index contributed by atoms with van der Waals surface area (Å²) in [4.78, 5) is 28.6. The third kappa shape index (κ3) is 13.8. The number of ether oxygens (including phenoxy) is 1. The zero-order chi connectivity index (χ0) is 40.2. The minimum Gasteiger partial charge on any atom is -0.413 e. The van der Waals surface area contributed by atoms with E-state index in [0.717, 1.165) is 55.4 Å². The van der Waals surface area contributed by atoms with E-state index >= 15 is 4.39 Å². The van der Waals surface area contributed by atoms with Gasteiger partial charge in [0.1, 0.15) is 23.8 Å². The number of anilines is 1. The molecule has 1 aromatic heterocycles. The minimum absolute atomic E-state index is 0.00653. The molecule has 3 aromatic rings. The zero-order valence-electron chi connectivity index (χ0n) is 32.2. The second-order valence-electron chi connectivity index (χ2n) is 13.4. The van der Waals surface area contributed by atoms with Crippen molar-refractivity contribution in [3.8, 4) is 5.75 Å². The Morgan fingerprint density at radius 1 is 0.982 bits per heavy atom. The van der Waals surface area contributed by atoms with Crippen molar-refractivity contribution in [2.75, 3.05) is 25.4 Å². The van der Waals surface area contributed by atoms with E-state index in [2.05, 4.69) is 83.1 Å². The first-order valence-electron chi connectivity index (χ1n) is 19.1. The summed E-state index contributed by atoms with van der Waals surface area (Å²) in [5, 5.41) is 17.9. The fraction of sp³-hybridized carbons (Fsp3) is 0.405. The predicted molar refractivity (Wildman–Crippen MR) is 220 cm³/mol. The Morgan fingerprint density at radius 2 is 1.62 bits per heavy atom. The van der Waals surface area contributed by atoms with Crippen LogP contribution in [0.3, 0.4) is 0 Å². The van der Waals surface area contributed by atoms with Crippen LogP contribution in [0.1, 0.15) is 71.4 Å². The monoisotopic (exact) mass is 791 g/mol. The number of nitrogens with one attached hydrogen (secondary N) is 2. The van der Waals surface area contributed by atoms with Gasteiger partial charge in [-0.1, -0.05) is 104 Å². The van der Waals surface area contributed by atoms with Crippen LogP contribution in [0.15, 0.2) is 120 Å². The maximum absolute atomic E-state index is 15.8. The number of fused-ring (bicyclic) bond motifs is 1. The number of nitrogens with zero attached hydrogens (tertiary/aromatic N) is 2. The molecule has 0 bridgehead atoms. The van der Waals surface area contributed by atoms with E-state index in [4.69, 9.17) is 19.5 Å². The van der Waals surface area contributed by atoms with Gasteiger partial charge in [-0.2, -0.15) is 4.98 Å². The number of alkyl halides is 1. The molecule has 1 unspecified atom stereocenters. The molecule has 5 atom stereocenters. The SMILES string of the molecule is CC/C=C\C/C=C\C/C=C\C/C=C\C/C=C\CCCC(=O)NCCNP(=O)(OC[C@H]1O[C@@H](n2ccc(N)nc2=O)[C@](C)(F)[C@@H]1O)Oc1cccc2ccccc12. The first kappa shape index (κ1) is 44.1. The number of aromatic nitrogens is 2. The number of halogens is 1. The van der Waals surface area contributed by atoms with Gasteiger partial charge in [0.25, 0.3) is 0 Å². The number of hydrogen-bond donors (Lipinski definition) is 4. The number of rotatable bonds is 23. The van der Waals surface area contributed by atoms with Crippen molar-refractivity contribution in [1.29, 1.82) is 0 Å². The van der Waals surface area contributed by atoms with E-state index in [1.165, 1.54) is 12.3 Å². The van der Waals surface area contributed by atoms with Gasteiger partial charge in [-0.25, -0.2) is 18.8 Å². The van der Waals surface area contributed by atoms with Crippen molar-refractivity contribution < 1.29 is 32.6 Å². The molecule has 0 aliphatic carbocycles. The maximum atomic E-state index is 15.8. The molecule has 1 aliphatic heterocycles. The molecule has 56 heavy (non-hydrogen) atoms. The third-order valence-electron chi connectivity index (χ3n) is 8.88. The van der Waals surface area contributed by atoms with Gasteiger partial charge in [-0.3, -0.25) is 13.9 Å². The molecule has 0 saturated carbocycles. The maximum Gasteiger partial charge on any atom is 0.458 e. The van der Waals surface area contributed by atoms with E-state index in [0.29, 0.717) is 18.2 Å². The molecule has 12 nitrogen and oxygen atoms in total. The molecule has 1 saturated heterocycles. The van der Waals surface area contributed by atoms with Crippen molar-refractivity contribution in [2.24, 2.45) is 0 Å². The molecule has 0 radical (unpaired) electrons. The molecule has 5 N–H and O–H groups in total. The summed E-state index contributed by atoms with van der Waals surface area (Å²) in [5.74, 6) is 0.0481. The Balaban J connectivity index is 1.23. The first-order chi connectivity index (χ1) is 27.0. The van der Waals surface area contributed by atoms with E-state index in [1.54, 1.807) is 18.2 Å². The quantitative estimate of drug-likeness (QED) is 0.0423. The summed E-state index contributed by atoms with van der Waals surface area (Å²) in [6.45, 7) is 2.78. The molecule has 1 aliphatic rings. The van der Waals surface area contributed by atoms with Crippen molar-refractivity contribution in [1.82, 2.24) is 20.0 Å². The lowest BCUT2D eigenvalue weighted by Gasteiger charge is -2.25. The van der Waals surface area contributed by atoms with Crippen molar-refractivity contribution in [3.63, 3.8) is 0 Å². The average Bonchev–Trinajstić information content (AvgIpc) is 3.40. The highest BCUT2D eigenvalue weighted by Gasteiger charge is 2.55. The number of aliphatic hydroxyl groups excluding tert-OH is 1. The highest BCUT2D eigenvalue weighted by molar-refractivity contribution is 7.52. The summed E-state index contributed by atoms with van der Waals surface area (Å²) < 4.78 is 48.3. The van der Waals surface area contributed by atoms with E-state index in [1.807, 2.05) is 24.3 Å². The number of benzene rings is 2. The van der Waals surface area contributed by atoms with Crippen molar-refractivity contribution >= 4 is 30.2 Å². The smallest absolute Gasteiger partial charge is 0.413 e. The lowest BCUT2D eigenvalue weighted by molar-refractivity contribution is -0.121. The Hall–Kier alpha value is -4.65. The number of carbonyl (C=O) groups excluding carboxylic acids is 1. The second-order valence-corrected chi connectivity index (χ2v) is 15.1. The van der Waals surface area contributed by atoms with Crippen LogP contribution in [0.5, 0.6) is 5.75 Å². The Kier molecular flexibility index (Phi) is 17.9. The van der Waals surface area contributed by atoms with Gasteiger partial charge in [0.2, 0.25) is 5.91 Å². The van der Waals surface area contributed by atoms with Crippen LogP contribution >= 0.6 is 7.75 Å². The molecule has 1 fully saturated rings. The van der Waals surface area contributed by atoms with Gasteiger partial charge in [-0.05, 0) is 69.4 Å². The number of nitrogen functional groups attached to an aromatic ring is 1. The van der Waals surface area contributed by atoms with Gasteiger partial charge in [0, 0.05) is 31.1 Å². The average molecular weight is 792 g/mol. The van der Waals surface area contributed by atoms with E-state index < -0.39 is 44.1 Å². The van der Waals surface area contributed by atoms with Crippen molar-refractivity contribution in [3.05, 3.63) is 126 Å². The van der Waals surface area contributed by atoms with Gasteiger partial charge in [0.15, 0.2) is 11.9 Å². The summed E-state index contributed by atoms with van der Waals surface area (Å²) in [7, 11) is -4.23. The van der Waals surface area contributed by atoms with Crippen LogP contribution in [-0.4, -0.2) is 58.1 Å². The normalized spacial score (nSPS) is 21.3. The van der Waals surface area contributed by atoms with Gasteiger partial charge in [-0.15, -0.1) is 0 Å². The number of hydrogen-bond acceptors (Lipinski definition) is 9. The van der Waals surface area contributed by atoms with Gasteiger partial charge >= 0.3 is 13.4 Å². The minimum atomic E-state index is -4.23. The fourth-order valence-electron chi connectivity index (χ4n) is 5.87. The molecule has 1 amide bonds. The highest BCUT2D eigenvalue weighted by Crippen LogP contribution is 2.48. The largest absolute Gasteiger partial charge is 0.458 e. The highest BCUT2D eigenvalue weighted by atomic mass is 31.2. The van der Waals surface area contributed by atoms with Crippen LogP contribution in [-0.2, 0) is 18.6 Å². The second kappa shape index (κ2) is 22.8. The van der Waals surface area contributed by atoms with E-state index in [9.17, 15) is 19.3 Å². The van der Waals surface area contributed by atoms with Gasteiger partial charge < -0.3 is 25.4 Å². The van der Waals surface area contributed by atoms with Crippen LogP contribution in [0.2, 0.25) is 0 Å². The molecular weight excluding hydrogens is 736 g/mol. The van der Waals surface area contributed by atoms with Crippen LogP contribution < -0.4 is 26.4 Å². The zero-order valence-corrected chi connectivity index (χ0v) is 33.1. The number of nitrogens with two attached hydrogens (primary N) is 1. The molecule has 2 aromatic carbocycles. The number of amides is 1. The first-order valence-corrected chi connectivity index (χ1v) is 20.6. The fourth-order valence-corrected chi connectivity index (χ4v) is 7.22. The summed E-state index contributed by atoms with van der Waals surface area (Å²) in [5.41, 5.74) is 2.26.